The molecule has 0 radical (unpaired) electrons. The van der Waals surface area contributed by atoms with E-state index in [1.165, 1.54) is 6.08 Å². The van der Waals surface area contributed by atoms with E-state index < -0.39 is 0 Å². The van der Waals surface area contributed by atoms with E-state index in [2.05, 4.69) is 20.3 Å². The Morgan fingerprint density at radius 3 is 2.87 bits per heavy atom. The number of nitrogens with zero attached hydrogens (tertiary/aromatic N) is 3. The standard InChI is InChI=1S/C24H22F2N4/c1-14-8-15-2-3-22(29-14)20(25)12-18(9-15)24-28-13-19-10-17(11-21(26)23(19)30-24)16-4-6-27-7-5-16/h4,6,8-13,15-16,27H,2-3,5,7H2,1H3/b18-9+,20-12+. The molecule has 2 atom stereocenters. The summed E-state index contributed by atoms with van der Waals surface area (Å²) >= 11 is 0. The first-order valence-corrected chi connectivity index (χ1v) is 10.3. The van der Waals surface area contributed by atoms with Crippen molar-refractivity contribution in [3.8, 4) is 0 Å². The van der Waals surface area contributed by atoms with Gasteiger partial charge in [0.2, 0.25) is 0 Å². The predicted molar refractivity (Wildman–Crippen MR) is 115 cm³/mol. The van der Waals surface area contributed by atoms with Crippen LogP contribution >= 0.6 is 0 Å². The van der Waals surface area contributed by atoms with Crippen molar-refractivity contribution in [1.82, 2.24) is 15.3 Å². The van der Waals surface area contributed by atoms with Gasteiger partial charge in [-0.25, -0.2) is 18.7 Å². The normalized spacial score (nSPS) is 27.0. The van der Waals surface area contributed by atoms with Gasteiger partial charge in [-0.05, 0) is 62.1 Å². The molecule has 1 aliphatic carbocycles. The molecule has 0 spiro atoms. The Bertz CT molecular complexity index is 1170. The molecule has 4 nitrogen and oxygen atoms in total. The quantitative estimate of drug-likeness (QED) is 0.733. The minimum absolute atomic E-state index is 0.115. The number of allylic oxidation sites excluding steroid dienone is 7. The molecule has 2 aromatic rings. The fourth-order valence-corrected chi connectivity index (χ4v) is 4.30. The van der Waals surface area contributed by atoms with Gasteiger partial charge in [-0.2, -0.15) is 0 Å². The van der Waals surface area contributed by atoms with Crippen molar-refractivity contribution in [3.63, 3.8) is 0 Å². The molecule has 3 heterocycles. The molecule has 0 saturated heterocycles. The summed E-state index contributed by atoms with van der Waals surface area (Å²) in [5.41, 5.74) is 2.98. The van der Waals surface area contributed by atoms with Crippen LogP contribution in [0.15, 0.2) is 65.3 Å². The molecule has 0 amide bonds. The van der Waals surface area contributed by atoms with Crippen LogP contribution in [0.1, 0.15) is 43.5 Å². The maximum atomic E-state index is 15.0. The van der Waals surface area contributed by atoms with Crippen LogP contribution < -0.4 is 5.32 Å². The number of nitrogens with one attached hydrogen (secondary N) is 1. The summed E-state index contributed by atoms with van der Waals surface area (Å²) in [5.74, 6) is -0.154. The van der Waals surface area contributed by atoms with E-state index in [0.29, 0.717) is 28.9 Å². The summed E-state index contributed by atoms with van der Waals surface area (Å²) in [5, 5.41) is 3.81. The van der Waals surface area contributed by atoms with Crippen molar-refractivity contribution >= 4 is 22.2 Å². The van der Waals surface area contributed by atoms with Gasteiger partial charge in [0.25, 0.3) is 0 Å². The van der Waals surface area contributed by atoms with Crippen LogP contribution in [-0.4, -0.2) is 22.2 Å². The number of aliphatic imine (C=N–C) groups is 1. The molecule has 0 saturated carbocycles. The lowest BCUT2D eigenvalue weighted by Crippen LogP contribution is -2.16. The summed E-state index contributed by atoms with van der Waals surface area (Å²) in [6, 6.07) is 3.50. The highest BCUT2D eigenvalue weighted by atomic mass is 19.1. The fraction of sp³-hybridized carbons (Fsp3) is 0.292. The second-order valence-corrected chi connectivity index (χ2v) is 8.03. The number of rotatable bonds is 2. The molecule has 2 unspecified atom stereocenters. The van der Waals surface area contributed by atoms with E-state index in [-0.39, 0.29) is 29.0 Å². The molecular formula is C24H22F2N4. The summed E-state index contributed by atoms with van der Waals surface area (Å²) < 4.78 is 29.7. The van der Waals surface area contributed by atoms with Crippen LogP contribution in [-0.2, 0) is 0 Å². The SMILES string of the molecule is CC1=CC2/C=C(c3ncc4cc(C5C=CNCC5)cc(F)c4n3)\C=C(\F)C(=N1)CC2. The largest absolute Gasteiger partial charge is 0.391 e. The highest BCUT2D eigenvalue weighted by Crippen LogP contribution is 2.31. The van der Waals surface area contributed by atoms with Crippen LogP contribution in [0.3, 0.4) is 0 Å². The second kappa shape index (κ2) is 7.59. The van der Waals surface area contributed by atoms with E-state index in [9.17, 15) is 8.78 Å². The molecule has 1 aromatic carbocycles. The number of aromatic nitrogens is 2. The van der Waals surface area contributed by atoms with Crippen LogP contribution in [0.4, 0.5) is 8.78 Å². The number of fused-ring (bicyclic) bond motifs is 4. The van der Waals surface area contributed by atoms with Crippen molar-refractivity contribution in [1.29, 1.82) is 0 Å². The zero-order valence-corrected chi connectivity index (χ0v) is 16.7. The van der Waals surface area contributed by atoms with Gasteiger partial charge in [0.1, 0.15) is 17.2 Å². The molecule has 1 aromatic heterocycles. The number of benzene rings is 1. The van der Waals surface area contributed by atoms with Crippen molar-refractivity contribution in [2.24, 2.45) is 10.9 Å². The molecular weight excluding hydrogens is 382 g/mol. The third-order valence-corrected chi connectivity index (χ3v) is 5.82. The van der Waals surface area contributed by atoms with E-state index in [4.69, 9.17) is 0 Å². The van der Waals surface area contributed by atoms with E-state index >= 15 is 0 Å². The maximum absolute atomic E-state index is 15.0. The minimum atomic E-state index is -0.383. The van der Waals surface area contributed by atoms with Gasteiger partial charge < -0.3 is 5.32 Å². The summed E-state index contributed by atoms with van der Waals surface area (Å²) in [6.45, 7) is 2.74. The lowest BCUT2D eigenvalue weighted by Gasteiger charge is -2.18. The lowest BCUT2D eigenvalue weighted by atomic mass is 9.93. The summed E-state index contributed by atoms with van der Waals surface area (Å²) in [6.07, 6.45) is 13.3. The molecule has 5 rings (SSSR count). The Hall–Kier alpha value is -3.15. The maximum Gasteiger partial charge on any atom is 0.159 e. The number of halogens is 2. The van der Waals surface area contributed by atoms with Gasteiger partial charge in [0.05, 0.1) is 5.71 Å². The molecule has 2 bridgehead atoms. The highest BCUT2D eigenvalue weighted by molar-refractivity contribution is 6.01. The van der Waals surface area contributed by atoms with Crippen LogP contribution in [0, 0.1) is 11.7 Å². The molecule has 2 aliphatic heterocycles. The van der Waals surface area contributed by atoms with E-state index in [1.54, 1.807) is 12.3 Å². The fourth-order valence-electron chi connectivity index (χ4n) is 4.30. The number of hydrogen-bond donors (Lipinski definition) is 1. The van der Waals surface area contributed by atoms with Gasteiger partial charge >= 0.3 is 0 Å². The Kier molecular flexibility index (Phi) is 4.77. The summed E-state index contributed by atoms with van der Waals surface area (Å²) in [7, 11) is 0. The predicted octanol–water partition coefficient (Wildman–Crippen LogP) is 5.36. The lowest BCUT2D eigenvalue weighted by molar-refractivity contribution is 0.622. The Morgan fingerprint density at radius 2 is 2.03 bits per heavy atom. The smallest absolute Gasteiger partial charge is 0.159 e. The van der Waals surface area contributed by atoms with E-state index in [0.717, 1.165) is 30.6 Å². The van der Waals surface area contributed by atoms with Gasteiger partial charge in [-0.1, -0.05) is 18.2 Å². The zero-order valence-electron chi connectivity index (χ0n) is 16.7. The van der Waals surface area contributed by atoms with Crippen molar-refractivity contribution in [2.45, 2.75) is 32.1 Å². The highest BCUT2D eigenvalue weighted by Gasteiger charge is 2.21. The minimum Gasteiger partial charge on any atom is -0.391 e. The van der Waals surface area contributed by atoms with Gasteiger partial charge in [-0.15, -0.1) is 0 Å². The molecule has 3 aliphatic rings. The number of hydrogen-bond acceptors (Lipinski definition) is 4. The van der Waals surface area contributed by atoms with Gasteiger partial charge in [-0.3, -0.25) is 4.99 Å². The third-order valence-electron chi connectivity index (χ3n) is 5.82. The topological polar surface area (TPSA) is 50.2 Å². The molecule has 30 heavy (non-hydrogen) atoms. The van der Waals surface area contributed by atoms with Crippen LogP contribution in [0.2, 0.25) is 0 Å². The monoisotopic (exact) mass is 404 g/mol. The van der Waals surface area contributed by atoms with E-state index in [1.807, 2.05) is 37.4 Å². The zero-order chi connectivity index (χ0) is 20.7. The molecule has 152 valence electrons. The molecule has 0 fully saturated rings. The average Bonchev–Trinajstić information content (AvgIpc) is 2.90. The molecule has 6 heteroatoms. The molecule has 1 N–H and O–H groups in total. The first kappa shape index (κ1) is 18.9. The van der Waals surface area contributed by atoms with Crippen LogP contribution in [0.25, 0.3) is 16.5 Å². The third kappa shape index (κ3) is 3.58. The average molecular weight is 404 g/mol. The first-order chi connectivity index (χ1) is 14.6. The Labute approximate surface area is 173 Å². The first-order valence-electron chi connectivity index (χ1n) is 10.3. The van der Waals surface area contributed by atoms with Crippen LogP contribution in [0.5, 0.6) is 0 Å². The van der Waals surface area contributed by atoms with Crippen molar-refractivity contribution < 1.29 is 8.78 Å². The Balaban J connectivity index is 1.57. The van der Waals surface area contributed by atoms with Crippen molar-refractivity contribution in [3.05, 3.63) is 77.6 Å². The van der Waals surface area contributed by atoms with Crippen molar-refractivity contribution in [2.75, 3.05) is 6.54 Å². The Morgan fingerprint density at radius 1 is 1.13 bits per heavy atom. The summed E-state index contributed by atoms with van der Waals surface area (Å²) in [4.78, 5) is 13.3. The second-order valence-electron chi connectivity index (χ2n) is 8.03. The van der Waals surface area contributed by atoms with Gasteiger partial charge in [0, 0.05) is 35.3 Å². The van der Waals surface area contributed by atoms with Gasteiger partial charge in [0.15, 0.2) is 5.82 Å².